The molecule has 2 aromatic heterocycles. The van der Waals surface area contributed by atoms with Crippen LogP contribution in [0.5, 0.6) is 0 Å². The normalized spacial score (nSPS) is 10.8. The second-order valence-electron chi connectivity index (χ2n) is 4.35. The van der Waals surface area contributed by atoms with Crippen LogP contribution in [0.15, 0.2) is 48.8 Å². The van der Waals surface area contributed by atoms with Crippen LogP contribution in [0, 0.1) is 0 Å². The van der Waals surface area contributed by atoms with Crippen molar-refractivity contribution in [2.24, 2.45) is 7.05 Å². The number of fused-ring (bicyclic) bond motifs is 1. The fourth-order valence-corrected chi connectivity index (χ4v) is 2.45. The van der Waals surface area contributed by atoms with Gasteiger partial charge in [0.15, 0.2) is 0 Å². The van der Waals surface area contributed by atoms with Crippen LogP contribution in [0.2, 0.25) is 0 Å². The Labute approximate surface area is 109 Å². The SMILES string of the molecule is Cn1c(-c2cccnc2)c(C(=O)O)c2ccccc21. The van der Waals surface area contributed by atoms with Gasteiger partial charge in [-0.15, -0.1) is 0 Å². The number of hydrogen-bond donors (Lipinski definition) is 1. The van der Waals surface area contributed by atoms with Crippen molar-refractivity contribution in [2.45, 2.75) is 0 Å². The summed E-state index contributed by atoms with van der Waals surface area (Å²) in [5.41, 5.74) is 2.71. The van der Waals surface area contributed by atoms with E-state index in [1.165, 1.54) is 0 Å². The molecule has 0 atom stereocenters. The van der Waals surface area contributed by atoms with Crippen LogP contribution in [0.3, 0.4) is 0 Å². The second-order valence-corrected chi connectivity index (χ2v) is 4.35. The Morgan fingerprint density at radius 1 is 1.21 bits per heavy atom. The molecule has 19 heavy (non-hydrogen) atoms. The molecule has 0 aliphatic heterocycles. The number of carboxylic acids is 1. The molecule has 3 aromatic rings. The summed E-state index contributed by atoms with van der Waals surface area (Å²) in [4.78, 5) is 15.7. The summed E-state index contributed by atoms with van der Waals surface area (Å²) in [7, 11) is 1.87. The standard InChI is InChI=1S/C15H12N2O2/c1-17-12-7-3-2-6-11(12)13(15(18)19)14(17)10-5-4-8-16-9-10/h2-9H,1H3,(H,18,19). The maximum absolute atomic E-state index is 11.6. The zero-order chi connectivity index (χ0) is 13.4. The van der Waals surface area contributed by atoms with E-state index in [0.717, 1.165) is 16.5 Å². The number of hydrogen-bond acceptors (Lipinski definition) is 2. The quantitative estimate of drug-likeness (QED) is 0.763. The third kappa shape index (κ3) is 1.69. The summed E-state index contributed by atoms with van der Waals surface area (Å²) >= 11 is 0. The lowest BCUT2D eigenvalue weighted by Gasteiger charge is -2.05. The molecule has 4 heteroatoms. The van der Waals surface area contributed by atoms with Crippen molar-refractivity contribution in [1.82, 2.24) is 9.55 Å². The van der Waals surface area contributed by atoms with Crippen molar-refractivity contribution < 1.29 is 9.90 Å². The van der Waals surface area contributed by atoms with E-state index in [2.05, 4.69) is 4.98 Å². The van der Waals surface area contributed by atoms with Gasteiger partial charge in [-0.1, -0.05) is 18.2 Å². The summed E-state index contributed by atoms with van der Waals surface area (Å²) in [5, 5.41) is 10.3. The van der Waals surface area contributed by atoms with E-state index in [4.69, 9.17) is 0 Å². The Kier molecular flexibility index (Phi) is 2.56. The van der Waals surface area contributed by atoms with E-state index < -0.39 is 5.97 Å². The number of aromatic carboxylic acids is 1. The Hall–Kier alpha value is -2.62. The molecule has 0 saturated heterocycles. The lowest BCUT2D eigenvalue weighted by Crippen LogP contribution is -2.00. The largest absolute Gasteiger partial charge is 0.478 e. The predicted molar refractivity (Wildman–Crippen MR) is 73.1 cm³/mol. The van der Waals surface area contributed by atoms with Crippen LogP contribution < -0.4 is 0 Å². The zero-order valence-electron chi connectivity index (χ0n) is 10.4. The molecule has 0 aliphatic rings. The van der Waals surface area contributed by atoms with Crippen LogP contribution in [0.4, 0.5) is 0 Å². The first-order chi connectivity index (χ1) is 9.20. The first-order valence-corrected chi connectivity index (χ1v) is 5.91. The highest BCUT2D eigenvalue weighted by Crippen LogP contribution is 2.32. The fourth-order valence-electron chi connectivity index (χ4n) is 2.45. The molecular formula is C15H12N2O2. The summed E-state index contributed by atoms with van der Waals surface area (Å²) in [6, 6.07) is 11.2. The Morgan fingerprint density at radius 3 is 2.68 bits per heavy atom. The summed E-state index contributed by atoms with van der Waals surface area (Å²) in [5.74, 6) is -0.921. The maximum Gasteiger partial charge on any atom is 0.338 e. The third-order valence-electron chi connectivity index (χ3n) is 3.26. The predicted octanol–water partition coefficient (Wildman–Crippen LogP) is 2.94. The fraction of sp³-hybridized carbons (Fsp3) is 0.0667. The van der Waals surface area contributed by atoms with Crippen molar-refractivity contribution in [2.75, 3.05) is 0 Å². The van der Waals surface area contributed by atoms with Crippen LogP contribution in [0.1, 0.15) is 10.4 Å². The van der Waals surface area contributed by atoms with Crippen molar-refractivity contribution in [3.8, 4) is 11.3 Å². The molecule has 0 aliphatic carbocycles. The van der Waals surface area contributed by atoms with E-state index in [1.807, 2.05) is 41.9 Å². The Morgan fingerprint density at radius 2 is 2.00 bits per heavy atom. The molecule has 1 aromatic carbocycles. The van der Waals surface area contributed by atoms with Crippen LogP contribution in [-0.2, 0) is 7.05 Å². The highest BCUT2D eigenvalue weighted by molar-refractivity contribution is 6.09. The van der Waals surface area contributed by atoms with E-state index in [9.17, 15) is 9.90 Å². The van der Waals surface area contributed by atoms with Gasteiger partial charge in [0.25, 0.3) is 0 Å². The third-order valence-corrected chi connectivity index (χ3v) is 3.26. The topological polar surface area (TPSA) is 55.1 Å². The van der Waals surface area contributed by atoms with Crippen molar-refractivity contribution in [1.29, 1.82) is 0 Å². The second kappa shape index (κ2) is 4.24. The molecule has 4 nitrogen and oxygen atoms in total. The minimum atomic E-state index is -0.921. The van der Waals surface area contributed by atoms with Crippen LogP contribution >= 0.6 is 0 Å². The first kappa shape index (κ1) is 11.5. The van der Waals surface area contributed by atoms with Gasteiger partial charge in [0.1, 0.15) is 0 Å². The van der Waals surface area contributed by atoms with Gasteiger partial charge >= 0.3 is 5.97 Å². The molecule has 0 bridgehead atoms. The molecule has 0 fully saturated rings. The van der Waals surface area contributed by atoms with Gasteiger partial charge in [0.05, 0.1) is 11.3 Å². The lowest BCUT2D eigenvalue weighted by atomic mass is 10.1. The molecule has 0 saturated carbocycles. The minimum Gasteiger partial charge on any atom is -0.478 e. The number of aryl methyl sites for hydroxylation is 1. The molecule has 2 heterocycles. The van der Waals surface area contributed by atoms with E-state index >= 15 is 0 Å². The summed E-state index contributed by atoms with van der Waals surface area (Å²) in [6.45, 7) is 0. The molecule has 0 radical (unpaired) electrons. The number of pyridine rings is 1. The van der Waals surface area contributed by atoms with Gasteiger partial charge in [-0.3, -0.25) is 4.98 Å². The molecule has 0 amide bonds. The number of para-hydroxylation sites is 1. The lowest BCUT2D eigenvalue weighted by molar-refractivity contribution is 0.0699. The number of benzene rings is 1. The monoisotopic (exact) mass is 252 g/mol. The molecule has 3 rings (SSSR count). The Balaban J connectivity index is 2.44. The molecule has 1 N–H and O–H groups in total. The van der Waals surface area contributed by atoms with Gasteiger partial charge in [-0.2, -0.15) is 0 Å². The van der Waals surface area contributed by atoms with Crippen molar-refractivity contribution in [3.05, 3.63) is 54.4 Å². The summed E-state index contributed by atoms with van der Waals surface area (Å²) < 4.78 is 1.90. The number of carboxylic acid groups (broad SMARTS) is 1. The minimum absolute atomic E-state index is 0.325. The van der Waals surface area contributed by atoms with Gasteiger partial charge < -0.3 is 9.67 Å². The number of rotatable bonds is 2. The summed E-state index contributed by atoms with van der Waals surface area (Å²) in [6.07, 6.45) is 3.35. The van der Waals surface area contributed by atoms with E-state index in [1.54, 1.807) is 18.5 Å². The average Bonchev–Trinajstić information content (AvgIpc) is 2.74. The Bertz CT molecular complexity index is 760. The smallest absolute Gasteiger partial charge is 0.338 e. The van der Waals surface area contributed by atoms with Crippen LogP contribution in [-0.4, -0.2) is 20.6 Å². The maximum atomic E-state index is 11.6. The van der Waals surface area contributed by atoms with Gasteiger partial charge in [0, 0.05) is 35.9 Å². The van der Waals surface area contributed by atoms with E-state index in [0.29, 0.717) is 11.3 Å². The highest BCUT2D eigenvalue weighted by Gasteiger charge is 2.21. The van der Waals surface area contributed by atoms with Crippen LogP contribution in [0.25, 0.3) is 22.2 Å². The average molecular weight is 252 g/mol. The molecule has 0 unspecified atom stereocenters. The van der Waals surface area contributed by atoms with Gasteiger partial charge in [-0.05, 0) is 18.2 Å². The zero-order valence-corrected chi connectivity index (χ0v) is 10.4. The molecule has 94 valence electrons. The van der Waals surface area contributed by atoms with E-state index in [-0.39, 0.29) is 0 Å². The van der Waals surface area contributed by atoms with Gasteiger partial charge in [-0.25, -0.2) is 4.79 Å². The number of carbonyl (C=O) groups is 1. The number of aromatic nitrogens is 2. The van der Waals surface area contributed by atoms with Crippen molar-refractivity contribution in [3.63, 3.8) is 0 Å². The van der Waals surface area contributed by atoms with Crippen molar-refractivity contribution >= 4 is 16.9 Å². The van der Waals surface area contributed by atoms with Gasteiger partial charge in [0.2, 0.25) is 0 Å². The molecular weight excluding hydrogens is 240 g/mol. The first-order valence-electron chi connectivity index (χ1n) is 5.91. The molecule has 0 spiro atoms. The highest BCUT2D eigenvalue weighted by atomic mass is 16.4. The number of nitrogens with zero attached hydrogens (tertiary/aromatic N) is 2.